The molecule has 1 aliphatic heterocycles. The Kier molecular flexibility index (Phi) is 6.24. The third-order valence-corrected chi connectivity index (χ3v) is 6.93. The molecular weight excluding hydrogens is 338 g/mol. The Balaban J connectivity index is 2.33. The summed E-state index contributed by atoms with van der Waals surface area (Å²) in [5, 5.41) is 0. The van der Waals surface area contributed by atoms with E-state index in [0.29, 0.717) is 12.1 Å². The van der Waals surface area contributed by atoms with Crippen LogP contribution in [-0.2, 0) is 10.0 Å². The van der Waals surface area contributed by atoms with Gasteiger partial charge in [0.1, 0.15) is 0 Å². The van der Waals surface area contributed by atoms with E-state index in [1.165, 1.54) is 16.4 Å². The monoisotopic (exact) mass is 367 g/mol. The third-order valence-electron chi connectivity index (χ3n) is 4.90. The Morgan fingerprint density at radius 3 is 2.56 bits per heavy atom. The maximum Gasteiger partial charge on any atom is 0.254 e. The summed E-state index contributed by atoms with van der Waals surface area (Å²) in [6.45, 7) is 6.20. The molecule has 0 spiro atoms. The predicted molar refractivity (Wildman–Crippen MR) is 98.9 cm³/mol. The molecule has 1 amide bonds. The highest BCUT2D eigenvalue weighted by Crippen LogP contribution is 2.23. The Bertz CT molecular complexity index is 716. The number of nitrogens with zero attached hydrogens (tertiary/aromatic N) is 2. The number of piperidine rings is 1. The lowest BCUT2D eigenvalue weighted by Crippen LogP contribution is -2.51. The molecule has 2 unspecified atom stereocenters. The number of hydrogen-bond acceptors (Lipinski definition) is 4. The van der Waals surface area contributed by atoms with Crippen LogP contribution in [0.5, 0.6) is 0 Å². The van der Waals surface area contributed by atoms with Crippen molar-refractivity contribution in [2.75, 3.05) is 13.6 Å². The van der Waals surface area contributed by atoms with Crippen LogP contribution in [0, 0.1) is 0 Å². The van der Waals surface area contributed by atoms with E-state index >= 15 is 0 Å². The second-order valence-electron chi connectivity index (χ2n) is 7.06. The quantitative estimate of drug-likeness (QED) is 0.863. The first kappa shape index (κ1) is 19.9. The molecule has 0 radical (unpaired) electrons. The van der Waals surface area contributed by atoms with E-state index in [0.717, 1.165) is 19.3 Å². The molecule has 25 heavy (non-hydrogen) atoms. The maximum absolute atomic E-state index is 13.0. The maximum atomic E-state index is 13.0. The zero-order valence-electron chi connectivity index (χ0n) is 15.5. The molecule has 0 aromatic heterocycles. The Hall–Kier alpha value is -1.44. The molecule has 1 fully saturated rings. The van der Waals surface area contributed by atoms with Crippen LogP contribution < -0.4 is 5.73 Å². The van der Waals surface area contributed by atoms with Gasteiger partial charge in [0.05, 0.1) is 4.90 Å². The molecule has 7 heteroatoms. The van der Waals surface area contributed by atoms with Crippen LogP contribution in [0.1, 0.15) is 50.4 Å². The summed E-state index contributed by atoms with van der Waals surface area (Å²) in [5.74, 6) is -0.147. The molecule has 0 saturated carbocycles. The number of benzene rings is 1. The van der Waals surface area contributed by atoms with Crippen LogP contribution >= 0.6 is 0 Å². The average Bonchev–Trinajstić information content (AvgIpc) is 2.60. The van der Waals surface area contributed by atoms with Gasteiger partial charge in [0, 0.05) is 37.3 Å². The van der Waals surface area contributed by atoms with Crippen LogP contribution in [0.25, 0.3) is 0 Å². The fraction of sp³-hybridized carbons (Fsp3) is 0.611. The molecule has 1 aromatic rings. The van der Waals surface area contributed by atoms with Gasteiger partial charge in [-0.2, -0.15) is 4.31 Å². The van der Waals surface area contributed by atoms with E-state index in [1.807, 2.05) is 20.8 Å². The zero-order valence-corrected chi connectivity index (χ0v) is 16.3. The van der Waals surface area contributed by atoms with Crippen molar-refractivity contribution < 1.29 is 13.2 Å². The highest BCUT2D eigenvalue weighted by atomic mass is 32.2. The summed E-state index contributed by atoms with van der Waals surface area (Å²) in [4.78, 5) is 14.9. The van der Waals surface area contributed by atoms with E-state index < -0.39 is 10.0 Å². The molecule has 0 bridgehead atoms. The van der Waals surface area contributed by atoms with Gasteiger partial charge in [0.25, 0.3) is 5.91 Å². The Morgan fingerprint density at radius 1 is 1.28 bits per heavy atom. The van der Waals surface area contributed by atoms with Crippen molar-refractivity contribution in [3.63, 3.8) is 0 Å². The molecule has 1 saturated heterocycles. The fourth-order valence-electron chi connectivity index (χ4n) is 3.16. The highest BCUT2D eigenvalue weighted by Gasteiger charge is 2.31. The van der Waals surface area contributed by atoms with E-state index in [1.54, 1.807) is 24.1 Å². The minimum atomic E-state index is -3.62. The number of likely N-dealkylation sites (tertiary alicyclic amines) is 1. The van der Waals surface area contributed by atoms with Crippen LogP contribution in [0.15, 0.2) is 29.2 Å². The van der Waals surface area contributed by atoms with Crippen molar-refractivity contribution in [1.29, 1.82) is 0 Å². The Morgan fingerprint density at radius 2 is 1.96 bits per heavy atom. The van der Waals surface area contributed by atoms with Gasteiger partial charge in [-0.15, -0.1) is 0 Å². The molecule has 1 aliphatic rings. The van der Waals surface area contributed by atoms with E-state index in [2.05, 4.69) is 0 Å². The number of sulfonamides is 1. The normalized spacial score (nSPS) is 20.1. The summed E-state index contributed by atoms with van der Waals surface area (Å²) in [6, 6.07) is 6.04. The lowest BCUT2D eigenvalue weighted by atomic mass is 9.96. The van der Waals surface area contributed by atoms with Gasteiger partial charge in [0.15, 0.2) is 0 Å². The largest absolute Gasteiger partial charge is 0.334 e. The first-order chi connectivity index (χ1) is 11.7. The topological polar surface area (TPSA) is 83.7 Å². The minimum Gasteiger partial charge on any atom is -0.334 e. The molecule has 1 aromatic carbocycles. The lowest BCUT2D eigenvalue weighted by Gasteiger charge is -2.38. The lowest BCUT2D eigenvalue weighted by molar-refractivity contribution is 0.0583. The van der Waals surface area contributed by atoms with Crippen molar-refractivity contribution in [3.05, 3.63) is 29.8 Å². The van der Waals surface area contributed by atoms with Gasteiger partial charge in [-0.3, -0.25) is 4.79 Å². The van der Waals surface area contributed by atoms with Gasteiger partial charge in [0.2, 0.25) is 10.0 Å². The smallest absolute Gasteiger partial charge is 0.254 e. The summed E-state index contributed by atoms with van der Waals surface area (Å²) in [7, 11) is -2.07. The van der Waals surface area contributed by atoms with Crippen molar-refractivity contribution in [2.45, 2.75) is 63.1 Å². The predicted octanol–water partition coefficient (Wildman–Crippen LogP) is 2.06. The number of amides is 1. The molecule has 1 heterocycles. The van der Waals surface area contributed by atoms with E-state index in [4.69, 9.17) is 5.73 Å². The van der Waals surface area contributed by atoms with Crippen molar-refractivity contribution in [3.8, 4) is 0 Å². The molecule has 6 nitrogen and oxygen atoms in total. The van der Waals surface area contributed by atoms with Gasteiger partial charge in [-0.05, 0) is 58.2 Å². The number of carbonyl (C=O) groups excluding carboxylic acids is 1. The number of nitrogens with two attached hydrogens (primary N) is 1. The molecule has 2 rings (SSSR count). The minimum absolute atomic E-state index is 0.000138. The number of hydrogen-bond donors (Lipinski definition) is 1. The van der Waals surface area contributed by atoms with Crippen molar-refractivity contribution in [2.24, 2.45) is 5.73 Å². The molecule has 2 atom stereocenters. The third kappa shape index (κ3) is 4.22. The molecular formula is C18H29N3O3S. The van der Waals surface area contributed by atoms with Gasteiger partial charge < -0.3 is 10.6 Å². The summed E-state index contributed by atoms with van der Waals surface area (Å²) in [5.41, 5.74) is 6.44. The van der Waals surface area contributed by atoms with Crippen LogP contribution in [0.3, 0.4) is 0 Å². The van der Waals surface area contributed by atoms with Crippen LogP contribution in [0.2, 0.25) is 0 Å². The highest BCUT2D eigenvalue weighted by molar-refractivity contribution is 7.89. The number of carbonyl (C=O) groups is 1. The van der Waals surface area contributed by atoms with Gasteiger partial charge in [-0.25, -0.2) is 8.42 Å². The second-order valence-corrected chi connectivity index (χ2v) is 9.06. The van der Waals surface area contributed by atoms with Gasteiger partial charge in [-0.1, -0.05) is 6.07 Å². The second kappa shape index (κ2) is 7.85. The Labute approximate surface area is 151 Å². The van der Waals surface area contributed by atoms with Gasteiger partial charge >= 0.3 is 0 Å². The molecule has 2 N–H and O–H groups in total. The first-order valence-corrected chi connectivity index (χ1v) is 10.2. The van der Waals surface area contributed by atoms with Crippen molar-refractivity contribution in [1.82, 2.24) is 9.21 Å². The van der Waals surface area contributed by atoms with Crippen molar-refractivity contribution >= 4 is 15.9 Å². The van der Waals surface area contributed by atoms with E-state index in [9.17, 15) is 13.2 Å². The summed E-state index contributed by atoms with van der Waals surface area (Å²) in [6.07, 6.45) is 2.89. The molecule has 140 valence electrons. The summed E-state index contributed by atoms with van der Waals surface area (Å²) >= 11 is 0. The zero-order chi connectivity index (χ0) is 18.8. The SMILES string of the molecule is CC(N)C1CCCCN1C(=O)c1cccc(S(=O)(=O)N(C)C(C)C)c1. The molecule has 0 aliphatic carbocycles. The number of rotatable bonds is 5. The first-order valence-electron chi connectivity index (χ1n) is 8.81. The summed E-state index contributed by atoms with van der Waals surface area (Å²) < 4.78 is 26.7. The fourth-order valence-corrected chi connectivity index (χ4v) is 4.57. The van der Waals surface area contributed by atoms with Crippen LogP contribution in [-0.4, -0.2) is 55.2 Å². The van der Waals surface area contributed by atoms with Crippen LogP contribution in [0.4, 0.5) is 0 Å². The standard InChI is InChI=1S/C18H29N3O3S/c1-13(2)20(4)25(23,24)16-9-7-8-15(12-16)18(22)21-11-6-5-10-17(21)14(3)19/h7-9,12-14,17H,5-6,10-11,19H2,1-4H3. The average molecular weight is 368 g/mol. The van der Waals surface area contributed by atoms with E-state index in [-0.39, 0.29) is 28.9 Å².